The van der Waals surface area contributed by atoms with Gasteiger partial charge in [0, 0.05) is 24.3 Å². The monoisotopic (exact) mass is 328 g/mol. The Hall–Kier alpha value is -2.21. The number of halogens is 1. The summed E-state index contributed by atoms with van der Waals surface area (Å²) in [6.45, 7) is 2.21. The largest absolute Gasteiger partial charge is 0.346 e. The summed E-state index contributed by atoms with van der Waals surface area (Å²) in [5, 5.41) is 3.19. The average molecular weight is 328 g/mol. The van der Waals surface area contributed by atoms with Crippen LogP contribution in [0.5, 0.6) is 0 Å². The van der Waals surface area contributed by atoms with Gasteiger partial charge in [0.15, 0.2) is 0 Å². The van der Waals surface area contributed by atoms with Gasteiger partial charge in [0.1, 0.15) is 11.5 Å². The van der Waals surface area contributed by atoms with E-state index < -0.39 is 0 Å². The van der Waals surface area contributed by atoms with E-state index in [1.807, 2.05) is 0 Å². The van der Waals surface area contributed by atoms with Gasteiger partial charge in [-0.2, -0.15) is 0 Å². The van der Waals surface area contributed by atoms with Crippen LogP contribution in [0.2, 0.25) is 0 Å². The molecule has 0 spiro atoms. The van der Waals surface area contributed by atoms with E-state index in [-0.39, 0.29) is 17.8 Å². The highest BCUT2D eigenvalue weighted by Gasteiger charge is 2.36. The number of nitrogens with one attached hydrogen (secondary N) is 1. The van der Waals surface area contributed by atoms with Crippen molar-refractivity contribution in [1.82, 2.24) is 19.8 Å². The summed E-state index contributed by atoms with van der Waals surface area (Å²) in [6, 6.07) is 6.72. The van der Waals surface area contributed by atoms with E-state index in [9.17, 15) is 9.18 Å². The maximum Gasteiger partial charge on any atom is 0.270 e. The minimum absolute atomic E-state index is 0.116. The second-order valence-electron chi connectivity index (χ2n) is 6.59. The Morgan fingerprint density at radius 1 is 1.17 bits per heavy atom. The molecule has 5 nitrogen and oxygen atoms in total. The van der Waals surface area contributed by atoms with Crippen molar-refractivity contribution >= 4 is 5.91 Å². The van der Waals surface area contributed by atoms with Crippen LogP contribution in [-0.4, -0.2) is 45.5 Å². The number of hydrogen-bond donors (Lipinski definition) is 1. The predicted octanol–water partition coefficient (Wildman–Crippen LogP) is 2.37. The molecule has 0 saturated carbocycles. The Morgan fingerprint density at radius 3 is 2.83 bits per heavy atom. The Kier molecular flexibility index (Phi) is 4.06. The molecule has 1 aromatic carbocycles. The SMILES string of the molecule is O=C(N[C@@H]1CCN2CCCC[C@@H]12)c1cncn1-c1ccc(F)cc1. The van der Waals surface area contributed by atoms with E-state index in [1.165, 1.54) is 25.0 Å². The van der Waals surface area contributed by atoms with Crippen molar-refractivity contribution in [3.63, 3.8) is 0 Å². The van der Waals surface area contributed by atoms with Gasteiger partial charge < -0.3 is 5.32 Å². The Morgan fingerprint density at radius 2 is 2.00 bits per heavy atom. The highest BCUT2D eigenvalue weighted by Crippen LogP contribution is 2.27. The number of fused-ring (bicyclic) bond motifs is 1. The highest BCUT2D eigenvalue weighted by molar-refractivity contribution is 5.93. The number of amides is 1. The molecule has 126 valence electrons. The molecule has 0 bridgehead atoms. The number of carbonyl (C=O) groups excluding carboxylic acids is 1. The maximum atomic E-state index is 13.1. The topological polar surface area (TPSA) is 50.2 Å². The Balaban J connectivity index is 1.51. The summed E-state index contributed by atoms with van der Waals surface area (Å²) in [6.07, 6.45) is 7.80. The molecule has 2 fully saturated rings. The summed E-state index contributed by atoms with van der Waals surface area (Å²) < 4.78 is 14.8. The lowest BCUT2D eigenvalue weighted by Crippen LogP contribution is -2.47. The smallest absolute Gasteiger partial charge is 0.270 e. The quantitative estimate of drug-likeness (QED) is 0.941. The predicted molar refractivity (Wildman–Crippen MR) is 88.6 cm³/mol. The lowest BCUT2D eigenvalue weighted by Gasteiger charge is -2.32. The summed E-state index contributed by atoms with van der Waals surface area (Å²) >= 11 is 0. The third-order valence-electron chi connectivity index (χ3n) is 5.15. The third-order valence-corrected chi connectivity index (χ3v) is 5.15. The van der Waals surface area contributed by atoms with Gasteiger partial charge in [-0.25, -0.2) is 9.37 Å². The first kappa shape index (κ1) is 15.3. The lowest BCUT2D eigenvalue weighted by molar-refractivity contribution is 0.0908. The molecule has 0 aliphatic carbocycles. The number of aromatic nitrogens is 2. The van der Waals surface area contributed by atoms with Gasteiger partial charge in [-0.3, -0.25) is 14.3 Å². The van der Waals surface area contributed by atoms with E-state index in [0.29, 0.717) is 11.7 Å². The van der Waals surface area contributed by atoms with Crippen LogP contribution in [0, 0.1) is 5.82 Å². The van der Waals surface area contributed by atoms with Crippen molar-refractivity contribution < 1.29 is 9.18 Å². The molecule has 1 amide bonds. The molecule has 3 heterocycles. The van der Waals surface area contributed by atoms with Crippen molar-refractivity contribution in [2.24, 2.45) is 0 Å². The highest BCUT2D eigenvalue weighted by atomic mass is 19.1. The molecule has 0 unspecified atom stereocenters. The number of hydrogen-bond acceptors (Lipinski definition) is 3. The van der Waals surface area contributed by atoms with E-state index in [1.54, 1.807) is 29.2 Å². The van der Waals surface area contributed by atoms with Crippen LogP contribution in [0.25, 0.3) is 5.69 Å². The molecular formula is C18H21FN4O. The van der Waals surface area contributed by atoms with Gasteiger partial charge in [-0.1, -0.05) is 6.42 Å². The summed E-state index contributed by atoms with van der Waals surface area (Å²) in [7, 11) is 0. The van der Waals surface area contributed by atoms with Crippen LogP contribution >= 0.6 is 0 Å². The van der Waals surface area contributed by atoms with Crippen molar-refractivity contribution in [3.8, 4) is 5.69 Å². The van der Waals surface area contributed by atoms with Crippen molar-refractivity contribution in [2.75, 3.05) is 13.1 Å². The number of benzene rings is 1. The standard InChI is InChI=1S/C18H21FN4O/c19-13-4-6-14(7-5-13)23-12-20-11-17(23)18(24)21-15-8-10-22-9-2-1-3-16(15)22/h4-7,11-12,15-16H,1-3,8-10H2,(H,21,24)/t15-,16+/m1/s1. The van der Waals surface area contributed by atoms with Crippen LogP contribution in [-0.2, 0) is 0 Å². The zero-order valence-electron chi connectivity index (χ0n) is 13.5. The fourth-order valence-electron chi connectivity index (χ4n) is 3.93. The molecule has 4 rings (SSSR count). The first-order chi connectivity index (χ1) is 11.7. The zero-order valence-corrected chi connectivity index (χ0v) is 13.5. The van der Waals surface area contributed by atoms with Crippen molar-refractivity contribution in [1.29, 1.82) is 0 Å². The van der Waals surface area contributed by atoms with Gasteiger partial charge in [-0.15, -0.1) is 0 Å². The fraction of sp³-hybridized carbons (Fsp3) is 0.444. The first-order valence-corrected chi connectivity index (χ1v) is 8.55. The van der Waals surface area contributed by atoms with Crippen LogP contribution in [0.4, 0.5) is 4.39 Å². The van der Waals surface area contributed by atoms with E-state index in [4.69, 9.17) is 0 Å². The maximum absolute atomic E-state index is 13.1. The Labute approximate surface area is 140 Å². The Bertz CT molecular complexity index is 727. The molecule has 2 aliphatic heterocycles. The summed E-state index contributed by atoms with van der Waals surface area (Å²) in [5.74, 6) is -0.414. The lowest BCUT2D eigenvalue weighted by atomic mass is 9.99. The fourth-order valence-corrected chi connectivity index (χ4v) is 3.93. The van der Waals surface area contributed by atoms with Gasteiger partial charge >= 0.3 is 0 Å². The second kappa shape index (κ2) is 6.36. The van der Waals surface area contributed by atoms with Crippen LogP contribution in [0.1, 0.15) is 36.2 Å². The molecular weight excluding hydrogens is 307 g/mol. The first-order valence-electron chi connectivity index (χ1n) is 8.55. The van der Waals surface area contributed by atoms with Crippen molar-refractivity contribution in [3.05, 3.63) is 48.3 Å². The third kappa shape index (κ3) is 2.82. The van der Waals surface area contributed by atoms with Gasteiger partial charge in [-0.05, 0) is 50.1 Å². The normalized spacial score (nSPS) is 23.9. The molecule has 24 heavy (non-hydrogen) atoms. The van der Waals surface area contributed by atoms with Crippen LogP contribution < -0.4 is 5.32 Å². The molecule has 0 radical (unpaired) electrons. The second-order valence-corrected chi connectivity index (χ2v) is 6.59. The van der Waals surface area contributed by atoms with E-state index >= 15 is 0 Å². The van der Waals surface area contributed by atoms with Crippen molar-refractivity contribution in [2.45, 2.75) is 37.8 Å². The molecule has 1 aromatic heterocycles. The minimum Gasteiger partial charge on any atom is -0.346 e. The van der Waals surface area contributed by atoms with Gasteiger partial charge in [0.05, 0.1) is 12.5 Å². The minimum atomic E-state index is -0.298. The molecule has 2 aromatic rings. The molecule has 2 saturated heterocycles. The van der Waals surface area contributed by atoms with E-state index in [2.05, 4.69) is 15.2 Å². The van der Waals surface area contributed by atoms with E-state index in [0.717, 1.165) is 31.6 Å². The van der Waals surface area contributed by atoms with Crippen LogP contribution in [0.15, 0.2) is 36.8 Å². The summed E-state index contributed by atoms with van der Waals surface area (Å²) in [5.41, 5.74) is 1.21. The van der Waals surface area contributed by atoms with Gasteiger partial charge in [0.25, 0.3) is 5.91 Å². The number of carbonyl (C=O) groups is 1. The summed E-state index contributed by atoms with van der Waals surface area (Å²) in [4.78, 5) is 19.3. The molecule has 2 aliphatic rings. The zero-order chi connectivity index (χ0) is 16.5. The van der Waals surface area contributed by atoms with Gasteiger partial charge in [0.2, 0.25) is 0 Å². The van der Waals surface area contributed by atoms with Crippen LogP contribution in [0.3, 0.4) is 0 Å². The number of imidazole rings is 1. The number of nitrogens with zero attached hydrogens (tertiary/aromatic N) is 3. The number of rotatable bonds is 3. The number of piperidine rings is 1. The average Bonchev–Trinajstić information content (AvgIpc) is 3.23. The molecule has 1 N–H and O–H groups in total. The molecule has 2 atom stereocenters. The molecule has 6 heteroatoms.